The van der Waals surface area contributed by atoms with Crippen LogP contribution in [0.15, 0.2) is 35.6 Å². The minimum atomic E-state index is -4.54. The molecule has 0 aliphatic heterocycles. The quantitative estimate of drug-likeness (QED) is 0.580. The van der Waals surface area contributed by atoms with Crippen LogP contribution >= 0.6 is 23.4 Å². The fourth-order valence-electron chi connectivity index (χ4n) is 2.55. The molecule has 0 amide bonds. The summed E-state index contributed by atoms with van der Waals surface area (Å²) in [7, 11) is 0. The van der Waals surface area contributed by atoms with Crippen molar-refractivity contribution < 1.29 is 23.0 Å². The Labute approximate surface area is 168 Å². The third kappa shape index (κ3) is 4.71. The maximum atomic E-state index is 13.0. The van der Waals surface area contributed by atoms with Crippen LogP contribution in [0.4, 0.5) is 13.2 Å². The van der Waals surface area contributed by atoms with Crippen LogP contribution in [-0.4, -0.2) is 38.2 Å². The fraction of sp³-hybridized carbons (Fsp3) is 0.333. The Hall–Kier alpha value is -1.97. The van der Waals surface area contributed by atoms with Gasteiger partial charge in [-0.25, -0.2) is 0 Å². The first-order valence-electron chi connectivity index (χ1n) is 8.27. The minimum Gasteiger partial charge on any atom is -0.491 e. The number of pyridine rings is 1. The number of hydrogen-bond donors (Lipinski definition) is 1. The lowest BCUT2D eigenvalue weighted by Gasteiger charge is -2.14. The molecule has 3 aromatic rings. The lowest BCUT2D eigenvalue weighted by atomic mass is 10.1. The Bertz CT molecular complexity index is 994. The van der Waals surface area contributed by atoms with Gasteiger partial charge in [-0.3, -0.25) is 4.40 Å². The summed E-state index contributed by atoms with van der Waals surface area (Å²) in [5, 5.41) is 17.9. The Morgan fingerprint density at radius 3 is 2.68 bits per heavy atom. The average molecular weight is 432 g/mol. The number of benzene rings is 1. The van der Waals surface area contributed by atoms with Gasteiger partial charge in [0, 0.05) is 11.9 Å². The molecule has 10 heteroatoms. The molecule has 0 spiro atoms. The summed E-state index contributed by atoms with van der Waals surface area (Å²) in [6.07, 6.45) is -4.50. The van der Waals surface area contributed by atoms with Gasteiger partial charge >= 0.3 is 6.18 Å². The molecule has 3 rings (SSSR count). The third-order valence-corrected chi connectivity index (χ3v) is 5.29. The number of aromatic nitrogens is 3. The third-order valence-electron chi connectivity index (χ3n) is 3.92. The Morgan fingerprint density at radius 1 is 1.25 bits per heavy atom. The normalized spacial score (nSPS) is 13.1. The number of fused-ring (bicyclic) bond motifs is 1. The first kappa shape index (κ1) is 20.8. The molecule has 0 fully saturated rings. The van der Waals surface area contributed by atoms with Gasteiger partial charge in [0.25, 0.3) is 0 Å². The minimum absolute atomic E-state index is 0.0438. The largest absolute Gasteiger partial charge is 0.491 e. The zero-order chi connectivity index (χ0) is 20.5. The summed E-state index contributed by atoms with van der Waals surface area (Å²) in [4.78, 5) is 0. The number of aliphatic hydroxyl groups is 1. The van der Waals surface area contributed by atoms with Crippen LogP contribution < -0.4 is 4.74 Å². The van der Waals surface area contributed by atoms with Crippen molar-refractivity contribution >= 4 is 29.0 Å². The number of hydrogen-bond acceptors (Lipinski definition) is 5. The lowest BCUT2D eigenvalue weighted by molar-refractivity contribution is -0.137. The SMILES string of the molecule is Cc1ccc(OC[C@H](O)CSc2nnc3c(Cl)cc(C(F)(F)F)cn23)c(C)c1. The van der Waals surface area contributed by atoms with Gasteiger partial charge in [0.1, 0.15) is 12.4 Å². The van der Waals surface area contributed by atoms with E-state index < -0.39 is 17.8 Å². The molecule has 2 heterocycles. The van der Waals surface area contributed by atoms with Crippen molar-refractivity contribution in [1.82, 2.24) is 14.6 Å². The van der Waals surface area contributed by atoms with Gasteiger partial charge < -0.3 is 9.84 Å². The van der Waals surface area contributed by atoms with E-state index in [0.717, 1.165) is 35.2 Å². The second-order valence-corrected chi connectivity index (χ2v) is 7.69. The molecule has 0 bridgehead atoms. The van der Waals surface area contributed by atoms with Gasteiger partial charge in [-0.2, -0.15) is 13.2 Å². The topological polar surface area (TPSA) is 59.7 Å². The zero-order valence-corrected chi connectivity index (χ0v) is 16.6. The van der Waals surface area contributed by atoms with Crippen LogP contribution in [0.3, 0.4) is 0 Å². The van der Waals surface area contributed by atoms with Crippen molar-refractivity contribution in [3.63, 3.8) is 0 Å². The van der Waals surface area contributed by atoms with E-state index in [9.17, 15) is 18.3 Å². The molecule has 1 atom stereocenters. The van der Waals surface area contributed by atoms with E-state index >= 15 is 0 Å². The smallest absolute Gasteiger partial charge is 0.417 e. The van der Waals surface area contributed by atoms with E-state index in [1.807, 2.05) is 32.0 Å². The van der Waals surface area contributed by atoms with Gasteiger partial charge in [0.2, 0.25) is 0 Å². The van der Waals surface area contributed by atoms with Crippen LogP contribution in [0.25, 0.3) is 5.65 Å². The highest BCUT2D eigenvalue weighted by Gasteiger charge is 2.32. The highest BCUT2D eigenvalue weighted by atomic mass is 35.5. The highest BCUT2D eigenvalue weighted by Crippen LogP contribution is 2.33. The molecular weight excluding hydrogens is 415 g/mol. The van der Waals surface area contributed by atoms with E-state index in [1.54, 1.807) is 0 Å². The fourth-order valence-corrected chi connectivity index (χ4v) is 3.61. The molecular formula is C18H17ClF3N3O2S. The average Bonchev–Trinajstić information content (AvgIpc) is 3.02. The summed E-state index contributed by atoms with van der Waals surface area (Å²) >= 11 is 6.95. The van der Waals surface area contributed by atoms with Crippen LogP contribution in [0.1, 0.15) is 16.7 Å². The first-order valence-corrected chi connectivity index (χ1v) is 9.64. The number of alkyl halides is 3. The van der Waals surface area contributed by atoms with Gasteiger partial charge in [0.05, 0.1) is 16.7 Å². The predicted octanol–water partition coefficient (Wildman–Crippen LogP) is 4.55. The molecule has 0 saturated heterocycles. The second-order valence-electron chi connectivity index (χ2n) is 6.30. The predicted molar refractivity (Wildman–Crippen MR) is 101 cm³/mol. The monoisotopic (exact) mass is 431 g/mol. The highest BCUT2D eigenvalue weighted by molar-refractivity contribution is 7.99. The molecule has 28 heavy (non-hydrogen) atoms. The summed E-state index contributed by atoms with van der Waals surface area (Å²) in [6, 6.07) is 6.53. The van der Waals surface area contributed by atoms with Crippen LogP contribution in [0.5, 0.6) is 5.75 Å². The first-order chi connectivity index (χ1) is 13.1. The van der Waals surface area contributed by atoms with E-state index in [2.05, 4.69) is 10.2 Å². The summed E-state index contributed by atoms with van der Waals surface area (Å²) < 4.78 is 45.8. The van der Waals surface area contributed by atoms with Crippen molar-refractivity contribution in [3.05, 3.63) is 52.2 Å². The van der Waals surface area contributed by atoms with Gasteiger partial charge in [-0.1, -0.05) is 41.1 Å². The van der Waals surface area contributed by atoms with Crippen LogP contribution in [0, 0.1) is 13.8 Å². The Balaban J connectivity index is 1.67. The van der Waals surface area contributed by atoms with Gasteiger partial charge in [-0.05, 0) is 31.5 Å². The number of halogens is 4. The summed E-state index contributed by atoms with van der Waals surface area (Å²) in [5.41, 5.74) is 1.29. The zero-order valence-electron chi connectivity index (χ0n) is 15.0. The van der Waals surface area contributed by atoms with Crippen molar-refractivity contribution in [3.8, 4) is 5.75 Å². The molecule has 5 nitrogen and oxygen atoms in total. The summed E-state index contributed by atoms with van der Waals surface area (Å²) in [5.74, 6) is 0.837. The molecule has 2 aromatic heterocycles. The molecule has 0 radical (unpaired) electrons. The molecule has 150 valence electrons. The van der Waals surface area contributed by atoms with Crippen molar-refractivity contribution in [1.29, 1.82) is 0 Å². The molecule has 1 N–H and O–H groups in total. The number of nitrogens with zero attached hydrogens (tertiary/aromatic N) is 3. The summed E-state index contributed by atoms with van der Waals surface area (Å²) in [6.45, 7) is 3.93. The lowest BCUT2D eigenvalue weighted by Crippen LogP contribution is -2.20. The maximum absolute atomic E-state index is 13.0. The maximum Gasteiger partial charge on any atom is 0.417 e. The number of thioether (sulfide) groups is 1. The van der Waals surface area contributed by atoms with Crippen molar-refractivity contribution in [2.45, 2.75) is 31.3 Å². The van der Waals surface area contributed by atoms with E-state index in [4.69, 9.17) is 16.3 Å². The van der Waals surface area contributed by atoms with E-state index in [0.29, 0.717) is 5.75 Å². The standard InChI is InChI=1S/C18H17ClF3N3O2S/c1-10-3-4-15(11(2)5-10)27-8-13(26)9-28-17-24-23-16-14(19)6-12(7-25(16)17)18(20,21)22/h3-7,13,26H,8-9H2,1-2H3/t13-/m0/s1. The number of aryl methyl sites for hydroxylation is 2. The van der Waals surface area contributed by atoms with E-state index in [1.165, 1.54) is 4.40 Å². The Morgan fingerprint density at radius 2 is 2.00 bits per heavy atom. The van der Waals surface area contributed by atoms with Crippen molar-refractivity contribution in [2.75, 3.05) is 12.4 Å². The molecule has 0 saturated carbocycles. The molecule has 0 unspecified atom stereocenters. The molecule has 0 aliphatic carbocycles. The number of ether oxygens (including phenoxy) is 1. The van der Waals surface area contributed by atoms with E-state index in [-0.39, 0.29) is 28.2 Å². The molecule has 0 aliphatic rings. The molecule has 1 aromatic carbocycles. The Kier molecular flexibility index (Phi) is 6.07. The number of aliphatic hydroxyl groups excluding tert-OH is 1. The van der Waals surface area contributed by atoms with Crippen LogP contribution in [-0.2, 0) is 6.18 Å². The van der Waals surface area contributed by atoms with Crippen molar-refractivity contribution in [2.24, 2.45) is 0 Å². The van der Waals surface area contributed by atoms with Gasteiger partial charge in [-0.15, -0.1) is 10.2 Å². The van der Waals surface area contributed by atoms with Gasteiger partial charge in [0.15, 0.2) is 10.8 Å². The second kappa shape index (κ2) is 8.18. The van der Waals surface area contributed by atoms with Crippen LogP contribution in [0.2, 0.25) is 5.02 Å². The number of rotatable bonds is 6.